The highest BCUT2D eigenvalue weighted by Crippen LogP contribution is 2.35. The van der Waals surface area contributed by atoms with Gasteiger partial charge in [0, 0.05) is 31.8 Å². The lowest BCUT2D eigenvalue weighted by atomic mass is 10.1. The van der Waals surface area contributed by atoms with E-state index in [1.54, 1.807) is 18.2 Å². The van der Waals surface area contributed by atoms with Gasteiger partial charge in [0.25, 0.3) is 5.69 Å². The first-order valence-corrected chi connectivity index (χ1v) is 11.3. The molecule has 0 fully saturated rings. The highest BCUT2D eigenvalue weighted by molar-refractivity contribution is 5.93. The quantitative estimate of drug-likeness (QED) is 0.151. The Balaban J connectivity index is 1.98. The van der Waals surface area contributed by atoms with Gasteiger partial charge >= 0.3 is 11.7 Å². The van der Waals surface area contributed by atoms with Crippen molar-refractivity contribution in [3.63, 3.8) is 0 Å². The first-order chi connectivity index (χ1) is 18.2. The van der Waals surface area contributed by atoms with Gasteiger partial charge in [-0.15, -0.1) is 10.2 Å². The molecule has 3 rings (SSSR count). The maximum atomic E-state index is 11.9. The van der Waals surface area contributed by atoms with Gasteiger partial charge in [0.15, 0.2) is 5.69 Å². The summed E-state index contributed by atoms with van der Waals surface area (Å²) in [6.07, 6.45) is 0.129. The average Bonchev–Trinajstić information content (AvgIpc) is 2.90. The van der Waals surface area contributed by atoms with Crippen molar-refractivity contribution < 1.29 is 24.2 Å². The molecule has 0 radical (unpaired) electrons. The molecular weight excluding hydrogens is 496 g/mol. The number of amides is 1. The third-order valence-corrected chi connectivity index (χ3v) is 5.32. The average molecular weight is 521 g/mol. The van der Waals surface area contributed by atoms with Crippen molar-refractivity contribution in [1.82, 2.24) is 0 Å². The Kier molecular flexibility index (Phi) is 9.13. The zero-order valence-corrected chi connectivity index (χ0v) is 20.6. The number of ether oxygens (including phenoxy) is 1. The molecule has 0 heterocycles. The maximum Gasteiger partial charge on any atom is 0.307 e. The number of nitrogens with zero attached hydrogens (tertiary/aromatic N) is 5. The van der Waals surface area contributed by atoms with E-state index < -0.39 is 21.2 Å². The van der Waals surface area contributed by atoms with Crippen molar-refractivity contribution in [2.75, 3.05) is 23.9 Å². The minimum Gasteiger partial charge on any atom is -0.469 e. The van der Waals surface area contributed by atoms with E-state index in [1.165, 1.54) is 14.0 Å². The second-order valence-electron chi connectivity index (χ2n) is 8.00. The number of azo groups is 1. The number of nitro groups is 2. The van der Waals surface area contributed by atoms with E-state index >= 15 is 0 Å². The zero-order valence-electron chi connectivity index (χ0n) is 20.6. The number of rotatable bonds is 11. The van der Waals surface area contributed by atoms with Crippen molar-refractivity contribution in [1.29, 1.82) is 0 Å². The lowest BCUT2D eigenvalue weighted by Gasteiger charge is -2.25. The standard InChI is InChI=1S/C25H24N6O7/c1-17(32)26-23-14-19(29(13-12-25(33)38-2)16-18-6-4-3-5-7-18)8-10-21(23)27-28-22-11-9-20(30(34)35)15-24(22)31(36)37/h3-11,14-15H,12-13,16H2,1-2H3,(H,26,32). The Morgan fingerprint density at radius 3 is 2.26 bits per heavy atom. The second-order valence-corrected chi connectivity index (χ2v) is 8.00. The third-order valence-electron chi connectivity index (χ3n) is 5.32. The number of esters is 1. The number of anilines is 2. The summed E-state index contributed by atoms with van der Waals surface area (Å²) < 4.78 is 4.77. The summed E-state index contributed by atoms with van der Waals surface area (Å²) >= 11 is 0. The van der Waals surface area contributed by atoms with Crippen LogP contribution in [0.15, 0.2) is 77.0 Å². The minimum atomic E-state index is -0.790. The summed E-state index contributed by atoms with van der Waals surface area (Å²) in [5, 5.41) is 33.0. The van der Waals surface area contributed by atoms with Gasteiger partial charge < -0.3 is 15.0 Å². The molecule has 0 bridgehead atoms. The number of hydrogen-bond donors (Lipinski definition) is 1. The van der Waals surface area contributed by atoms with Gasteiger partial charge in [-0.1, -0.05) is 30.3 Å². The fourth-order valence-corrected chi connectivity index (χ4v) is 3.49. The van der Waals surface area contributed by atoms with Crippen molar-refractivity contribution in [3.05, 3.63) is 92.5 Å². The van der Waals surface area contributed by atoms with Crippen LogP contribution in [-0.2, 0) is 20.9 Å². The van der Waals surface area contributed by atoms with Crippen LogP contribution in [0.2, 0.25) is 0 Å². The minimum absolute atomic E-state index is 0.129. The Bertz CT molecular complexity index is 1380. The Labute approximate surface area is 217 Å². The van der Waals surface area contributed by atoms with Crippen LogP contribution in [-0.4, -0.2) is 35.4 Å². The smallest absolute Gasteiger partial charge is 0.307 e. The fraction of sp³-hybridized carbons (Fsp3) is 0.200. The van der Waals surface area contributed by atoms with E-state index in [0.717, 1.165) is 23.8 Å². The van der Waals surface area contributed by atoms with Crippen LogP contribution in [0.25, 0.3) is 0 Å². The first-order valence-electron chi connectivity index (χ1n) is 11.3. The highest BCUT2D eigenvalue weighted by atomic mass is 16.6. The van der Waals surface area contributed by atoms with Crippen LogP contribution in [0.4, 0.5) is 34.1 Å². The molecule has 13 nitrogen and oxygen atoms in total. The lowest BCUT2D eigenvalue weighted by molar-refractivity contribution is -0.393. The number of benzene rings is 3. The summed E-state index contributed by atoms with van der Waals surface area (Å²) in [5.41, 5.74) is 0.905. The number of methoxy groups -OCH3 is 1. The molecule has 196 valence electrons. The molecule has 0 aliphatic rings. The predicted molar refractivity (Wildman–Crippen MR) is 139 cm³/mol. The highest BCUT2D eigenvalue weighted by Gasteiger charge is 2.20. The summed E-state index contributed by atoms with van der Waals surface area (Å²) in [6.45, 7) is 2.11. The molecule has 0 aliphatic carbocycles. The van der Waals surface area contributed by atoms with Gasteiger partial charge in [-0.25, -0.2) is 0 Å². The number of non-ortho nitro benzene ring substituents is 1. The van der Waals surface area contributed by atoms with E-state index in [0.29, 0.717) is 18.8 Å². The number of hydrogen-bond acceptors (Lipinski definition) is 10. The third kappa shape index (κ3) is 7.40. The summed E-state index contributed by atoms with van der Waals surface area (Å²) in [6, 6.07) is 17.5. The molecule has 0 spiro atoms. The molecule has 0 unspecified atom stereocenters. The van der Waals surface area contributed by atoms with Gasteiger partial charge in [-0.05, 0) is 29.8 Å². The molecule has 1 N–H and O–H groups in total. The molecular formula is C25H24N6O7. The number of carbonyl (C=O) groups excluding carboxylic acids is 2. The van der Waals surface area contributed by atoms with E-state index in [4.69, 9.17) is 4.74 Å². The molecule has 0 saturated carbocycles. The fourth-order valence-electron chi connectivity index (χ4n) is 3.49. The molecule has 0 aromatic heterocycles. The van der Waals surface area contributed by atoms with Crippen molar-refractivity contribution in [2.45, 2.75) is 19.9 Å². The molecule has 3 aromatic carbocycles. The second kappa shape index (κ2) is 12.7. The van der Waals surface area contributed by atoms with E-state index in [-0.39, 0.29) is 35.4 Å². The normalized spacial score (nSPS) is 10.7. The maximum absolute atomic E-state index is 11.9. The van der Waals surface area contributed by atoms with Crippen LogP contribution in [0.3, 0.4) is 0 Å². The number of nitro benzene ring substituents is 2. The van der Waals surface area contributed by atoms with E-state index in [1.807, 2.05) is 35.2 Å². The van der Waals surface area contributed by atoms with Gasteiger partial charge in [0.1, 0.15) is 5.69 Å². The topological polar surface area (TPSA) is 170 Å². The molecule has 0 atom stereocenters. The van der Waals surface area contributed by atoms with Gasteiger partial charge in [0.2, 0.25) is 5.91 Å². The molecule has 0 saturated heterocycles. The molecule has 0 aliphatic heterocycles. The van der Waals surface area contributed by atoms with Crippen molar-refractivity contribution in [2.24, 2.45) is 10.2 Å². The largest absolute Gasteiger partial charge is 0.469 e. The van der Waals surface area contributed by atoms with Crippen LogP contribution < -0.4 is 10.2 Å². The van der Waals surface area contributed by atoms with Crippen molar-refractivity contribution in [3.8, 4) is 0 Å². The molecule has 38 heavy (non-hydrogen) atoms. The first kappa shape index (κ1) is 27.4. The number of carbonyl (C=O) groups is 2. The van der Waals surface area contributed by atoms with Crippen molar-refractivity contribution >= 4 is 46.0 Å². The molecule has 13 heteroatoms. The zero-order chi connectivity index (χ0) is 27.7. The van der Waals surface area contributed by atoms with Gasteiger partial charge in [-0.3, -0.25) is 29.8 Å². The predicted octanol–water partition coefficient (Wildman–Crippen LogP) is 5.45. The monoisotopic (exact) mass is 520 g/mol. The van der Waals surface area contributed by atoms with E-state index in [9.17, 15) is 29.8 Å². The van der Waals surface area contributed by atoms with Crippen LogP contribution in [0.1, 0.15) is 18.9 Å². The molecule has 3 aromatic rings. The SMILES string of the molecule is COC(=O)CCN(Cc1ccccc1)c1ccc(N=Nc2ccc([N+](=O)[O-])cc2[N+](=O)[O-])c(NC(C)=O)c1. The Morgan fingerprint density at radius 2 is 1.63 bits per heavy atom. The van der Waals surface area contributed by atoms with Crippen LogP contribution >= 0.6 is 0 Å². The van der Waals surface area contributed by atoms with Gasteiger partial charge in [0.05, 0.1) is 35.1 Å². The summed E-state index contributed by atoms with van der Waals surface area (Å²) in [4.78, 5) is 46.5. The Hall–Kier alpha value is -5.20. The molecule has 1 amide bonds. The van der Waals surface area contributed by atoms with Crippen LogP contribution in [0.5, 0.6) is 0 Å². The number of nitrogens with one attached hydrogen (secondary N) is 1. The van der Waals surface area contributed by atoms with E-state index in [2.05, 4.69) is 15.5 Å². The lowest BCUT2D eigenvalue weighted by Crippen LogP contribution is -2.26. The Morgan fingerprint density at radius 1 is 0.947 bits per heavy atom. The summed E-state index contributed by atoms with van der Waals surface area (Å²) in [7, 11) is 1.31. The van der Waals surface area contributed by atoms with Gasteiger partial charge in [-0.2, -0.15) is 0 Å². The summed E-state index contributed by atoms with van der Waals surface area (Å²) in [5.74, 6) is -0.760. The van der Waals surface area contributed by atoms with Crippen LogP contribution in [0, 0.1) is 20.2 Å².